The van der Waals surface area contributed by atoms with Gasteiger partial charge in [-0.1, -0.05) is 13.3 Å². The van der Waals surface area contributed by atoms with E-state index in [1.54, 1.807) is 6.07 Å². The number of amides is 1. The number of carbonyl (C=O) groups excluding carboxylic acids is 1. The number of carbonyl (C=O) groups is 2. The average Bonchev–Trinajstić information content (AvgIpc) is 3.14. The van der Waals surface area contributed by atoms with E-state index in [-0.39, 0.29) is 5.91 Å². The van der Waals surface area contributed by atoms with Gasteiger partial charge < -0.3 is 10.0 Å². The van der Waals surface area contributed by atoms with Gasteiger partial charge in [0.2, 0.25) is 0 Å². The molecule has 1 N–H and O–H groups in total. The zero-order valence-electron chi connectivity index (χ0n) is 11.5. The van der Waals surface area contributed by atoms with E-state index in [1.165, 1.54) is 17.4 Å². The zero-order valence-corrected chi connectivity index (χ0v) is 12.4. The largest absolute Gasteiger partial charge is 0.478 e. The molecule has 1 saturated carbocycles. The molecule has 0 aliphatic heterocycles. The van der Waals surface area contributed by atoms with Crippen LogP contribution < -0.4 is 0 Å². The Bertz CT molecular complexity index is 517. The molecule has 4 nitrogen and oxygen atoms in total. The molecule has 1 aliphatic carbocycles. The molecule has 108 valence electrons. The van der Waals surface area contributed by atoms with Crippen LogP contribution >= 0.6 is 11.3 Å². The molecule has 20 heavy (non-hydrogen) atoms. The van der Waals surface area contributed by atoms with Crippen LogP contribution in [0.5, 0.6) is 0 Å². The normalized spacial score (nSPS) is 14.7. The molecule has 0 radical (unpaired) electrons. The molecule has 1 aromatic rings. The lowest BCUT2D eigenvalue weighted by Crippen LogP contribution is -2.33. The van der Waals surface area contributed by atoms with Gasteiger partial charge in [-0.2, -0.15) is 0 Å². The maximum Gasteiger partial charge on any atom is 0.328 e. The molecule has 0 aromatic carbocycles. The first-order valence-corrected chi connectivity index (χ1v) is 7.81. The number of thiophene rings is 1. The third-order valence-electron chi connectivity index (χ3n) is 3.30. The summed E-state index contributed by atoms with van der Waals surface area (Å²) in [4.78, 5) is 25.8. The minimum absolute atomic E-state index is 0.0426. The predicted octanol–water partition coefficient (Wildman–Crippen LogP) is 3.25. The van der Waals surface area contributed by atoms with Crippen LogP contribution in [0, 0.1) is 0 Å². The molecule has 1 fully saturated rings. The minimum Gasteiger partial charge on any atom is -0.478 e. The van der Waals surface area contributed by atoms with Gasteiger partial charge in [0, 0.05) is 18.7 Å². The zero-order chi connectivity index (χ0) is 14.5. The number of hydrogen-bond donors (Lipinski definition) is 1. The Morgan fingerprint density at radius 1 is 1.50 bits per heavy atom. The number of carboxylic acids is 1. The maximum atomic E-state index is 12.6. The highest BCUT2D eigenvalue weighted by molar-refractivity contribution is 7.12. The summed E-state index contributed by atoms with van der Waals surface area (Å²) in [6.45, 7) is 2.90. The van der Waals surface area contributed by atoms with Crippen molar-refractivity contribution in [3.8, 4) is 0 Å². The fourth-order valence-electron chi connectivity index (χ4n) is 2.08. The quantitative estimate of drug-likeness (QED) is 0.785. The molecular formula is C15H19NO3S. The van der Waals surface area contributed by atoms with Crippen molar-refractivity contribution >= 4 is 29.3 Å². The summed E-state index contributed by atoms with van der Waals surface area (Å²) < 4.78 is 0. The van der Waals surface area contributed by atoms with Gasteiger partial charge in [-0.15, -0.1) is 11.3 Å². The Hall–Kier alpha value is -1.62. The van der Waals surface area contributed by atoms with Crippen molar-refractivity contribution < 1.29 is 14.7 Å². The lowest BCUT2D eigenvalue weighted by atomic mass is 10.2. The smallest absolute Gasteiger partial charge is 0.328 e. The van der Waals surface area contributed by atoms with Crippen LogP contribution in [0.4, 0.5) is 0 Å². The van der Waals surface area contributed by atoms with Gasteiger partial charge in [-0.3, -0.25) is 4.79 Å². The molecule has 0 spiro atoms. The summed E-state index contributed by atoms with van der Waals surface area (Å²) in [5.74, 6) is -0.958. The van der Waals surface area contributed by atoms with Crippen LogP contribution in [0.1, 0.15) is 47.8 Å². The summed E-state index contributed by atoms with van der Waals surface area (Å²) in [7, 11) is 0. The van der Waals surface area contributed by atoms with E-state index in [4.69, 9.17) is 5.11 Å². The monoisotopic (exact) mass is 293 g/mol. The van der Waals surface area contributed by atoms with Gasteiger partial charge in [-0.05, 0) is 42.3 Å². The van der Waals surface area contributed by atoms with Crippen LogP contribution in [0.2, 0.25) is 0 Å². The average molecular weight is 293 g/mol. The number of aliphatic carboxylic acids is 1. The number of carboxylic acid groups (broad SMARTS) is 1. The van der Waals surface area contributed by atoms with Gasteiger partial charge in [0.05, 0.1) is 4.88 Å². The molecule has 0 bridgehead atoms. The van der Waals surface area contributed by atoms with E-state index < -0.39 is 5.97 Å². The first kappa shape index (κ1) is 14.8. The van der Waals surface area contributed by atoms with Crippen molar-refractivity contribution in [1.82, 2.24) is 4.90 Å². The standard InChI is InChI=1S/C15H19NO3S/c1-2-3-9-16(12-5-6-12)15(19)14-11(8-10-20-14)4-7-13(17)18/h4,7-8,10,12H,2-3,5-6,9H2,1H3,(H,17,18). The van der Waals surface area contributed by atoms with Crippen LogP contribution in [-0.2, 0) is 4.79 Å². The lowest BCUT2D eigenvalue weighted by molar-refractivity contribution is -0.131. The number of rotatable bonds is 7. The fraction of sp³-hybridized carbons (Fsp3) is 0.467. The summed E-state index contributed by atoms with van der Waals surface area (Å²) in [5.41, 5.74) is 0.699. The molecule has 0 saturated heterocycles. The second-order valence-electron chi connectivity index (χ2n) is 4.96. The van der Waals surface area contributed by atoms with Crippen molar-refractivity contribution in [3.05, 3.63) is 28.0 Å². The van der Waals surface area contributed by atoms with E-state index in [2.05, 4.69) is 6.92 Å². The second kappa shape index (κ2) is 6.70. The van der Waals surface area contributed by atoms with Crippen molar-refractivity contribution in [1.29, 1.82) is 0 Å². The first-order chi connectivity index (χ1) is 9.63. The van der Waals surface area contributed by atoms with E-state index >= 15 is 0 Å². The first-order valence-electron chi connectivity index (χ1n) is 6.93. The van der Waals surface area contributed by atoms with Gasteiger partial charge >= 0.3 is 5.97 Å². The topological polar surface area (TPSA) is 57.6 Å². The van der Waals surface area contributed by atoms with Gasteiger partial charge in [-0.25, -0.2) is 4.79 Å². The molecule has 1 aromatic heterocycles. The van der Waals surface area contributed by atoms with E-state index in [9.17, 15) is 9.59 Å². The molecular weight excluding hydrogens is 274 g/mol. The Labute approximate surface area is 122 Å². The highest BCUT2D eigenvalue weighted by atomic mass is 32.1. The van der Waals surface area contributed by atoms with Crippen molar-refractivity contribution in [3.63, 3.8) is 0 Å². The Balaban J connectivity index is 2.14. The van der Waals surface area contributed by atoms with Crippen molar-refractivity contribution in [2.45, 2.75) is 38.6 Å². The van der Waals surface area contributed by atoms with E-state index in [0.717, 1.165) is 38.3 Å². The maximum absolute atomic E-state index is 12.6. The molecule has 2 rings (SSSR count). The third-order valence-corrected chi connectivity index (χ3v) is 4.21. The Morgan fingerprint density at radius 2 is 2.25 bits per heavy atom. The fourth-order valence-corrected chi connectivity index (χ4v) is 2.92. The third kappa shape index (κ3) is 3.70. The van der Waals surface area contributed by atoms with Gasteiger partial charge in [0.1, 0.15) is 0 Å². The van der Waals surface area contributed by atoms with E-state index in [0.29, 0.717) is 16.5 Å². The SMILES string of the molecule is CCCCN(C(=O)c1sccc1C=CC(=O)O)C1CC1. The highest BCUT2D eigenvalue weighted by Crippen LogP contribution is 2.30. The van der Waals surface area contributed by atoms with Crippen molar-refractivity contribution in [2.75, 3.05) is 6.54 Å². The molecule has 1 amide bonds. The molecule has 1 heterocycles. The summed E-state index contributed by atoms with van der Waals surface area (Å²) in [6.07, 6.45) is 6.81. The minimum atomic E-state index is -1.00. The van der Waals surface area contributed by atoms with Crippen LogP contribution in [0.25, 0.3) is 6.08 Å². The Kier molecular flexibility index (Phi) is 4.95. The summed E-state index contributed by atoms with van der Waals surface area (Å²) >= 11 is 1.38. The van der Waals surface area contributed by atoms with Crippen LogP contribution in [0.3, 0.4) is 0 Å². The molecule has 1 aliphatic rings. The summed E-state index contributed by atoms with van der Waals surface area (Å²) in [6, 6.07) is 2.18. The van der Waals surface area contributed by atoms with Crippen molar-refractivity contribution in [2.24, 2.45) is 0 Å². The summed E-state index contributed by atoms with van der Waals surface area (Å²) in [5, 5.41) is 10.5. The molecule has 0 atom stereocenters. The number of unbranched alkanes of at least 4 members (excludes halogenated alkanes) is 1. The molecule has 5 heteroatoms. The Morgan fingerprint density at radius 3 is 2.85 bits per heavy atom. The highest BCUT2D eigenvalue weighted by Gasteiger charge is 2.33. The van der Waals surface area contributed by atoms with E-state index in [1.807, 2.05) is 10.3 Å². The lowest BCUT2D eigenvalue weighted by Gasteiger charge is -2.22. The van der Waals surface area contributed by atoms with Gasteiger partial charge in [0.15, 0.2) is 0 Å². The van der Waals surface area contributed by atoms with Crippen LogP contribution in [0.15, 0.2) is 17.5 Å². The number of nitrogens with zero attached hydrogens (tertiary/aromatic N) is 1. The second-order valence-corrected chi connectivity index (χ2v) is 5.88. The molecule has 0 unspecified atom stereocenters. The predicted molar refractivity (Wildman–Crippen MR) is 80.0 cm³/mol. The van der Waals surface area contributed by atoms with Gasteiger partial charge in [0.25, 0.3) is 5.91 Å². The van der Waals surface area contributed by atoms with Crippen LogP contribution in [-0.4, -0.2) is 34.5 Å². The number of hydrogen-bond acceptors (Lipinski definition) is 3.